The van der Waals surface area contributed by atoms with Crippen LogP contribution in [-0.4, -0.2) is 28.8 Å². The number of rotatable bonds is 6. The van der Waals surface area contributed by atoms with Crippen molar-refractivity contribution in [3.63, 3.8) is 0 Å². The van der Waals surface area contributed by atoms with E-state index in [2.05, 4.69) is 0 Å². The number of nitrogens with zero attached hydrogens (tertiary/aromatic N) is 1. The molecule has 1 amide bonds. The highest BCUT2D eigenvalue weighted by Crippen LogP contribution is 2.43. The molecule has 0 aliphatic carbocycles. The molecule has 3 heterocycles. The first-order chi connectivity index (χ1) is 16.0. The molecule has 4 aromatic rings. The SMILES string of the molecule is COc1ccccc1C1C(C(=O)c2cc3cc(Cl)ccc3o2)=C(O)C(=O)N1Cc1cccs1. The Morgan fingerprint density at radius 3 is 2.76 bits per heavy atom. The summed E-state index contributed by atoms with van der Waals surface area (Å²) in [6, 6.07) is 16.7. The smallest absolute Gasteiger partial charge is 0.290 e. The van der Waals surface area contributed by atoms with Crippen molar-refractivity contribution < 1.29 is 23.8 Å². The second-order valence-corrected chi connectivity index (χ2v) is 9.01. The molecule has 8 heteroatoms. The number of ether oxygens (including phenoxy) is 1. The molecule has 0 spiro atoms. The van der Waals surface area contributed by atoms with Gasteiger partial charge in [0.15, 0.2) is 11.5 Å². The van der Waals surface area contributed by atoms with Crippen LogP contribution in [0, 0.1) is 0 Å². The normalized spacial score (nSPS) is 16.1. The zero-order valence-electron chi connectivity index (χ0n) is 17.4. The highest BCUT2D eigenvalue weighted by molar-refractivity contribution is 7.09. The summed E-state index contributed by atoms with van der Waals surface area (Å²) in [5.74, 6) is -1.27. The predicted molar refractivity (Wildman–Crippen MR) is 126 cm³/mol. The highest BCUT2D eigenvalue weighted by Gasteiger charge is 2.45. The van der Waals surface area contributed by atoms with E-state index in [4.69, 9.17) is 20.8 Å². The molecule has 2 aromatic carbocycles. The standard InChI is InChI=1S/C25H18ClNO5S/c1-31-19-7-3-2-6-17(19)22-21(24(29)25(30)27(22)13-16-5-4-10-33-16)23(28)20-12-14-11-15(26)8-9-18(14)32-20/h2-12,22,29H,13H2,1H3. The first kappa shape index (κ1) is 21.3. The van der Waals surface area contributed by atoms with Gasteiger partial charge in [0, 0.05) is 20.8 Å². The molecular weight excluding hydrogens is 462 g/mol. The molecular formula is C25H18ClNO5S. The van der Waals surface area contributed by atoms with Gasteiger partial charge in [0.25, 0.3) is 5.91 Å². The number of furan rings is 1. The average molecular weight is 480 g/mol. The van der Waals surface area contributed by atoms with Crippen LogP contribution < -0.4 is 4.74 Å². The Balaban J connectivity index is 1.63. The topological polar surface area (TPSA) is 80.0 Å². The third-order valence-corrected chi connectivity index (χ3v) is 6.69. The molecule has 1 atom stereocenters. The summed E-state index contributed by atoms with van der Waals surface area (Å²) in [5.41, 5.74) is 1.03. The minimum absolute atomic E-state index is 0.0134. The van der Waals surface area contributed by atoms with Crippen LogP contribution in [0.25, 0.3) is 11.0 Å². The number of hydrogen-bond donors (Lipinski definition) is 1. The maximum absolute atomic E-state index is 13.6. The Hall–Kier alpha value is -3.55. The highest BCUT2D eigenvalue weighted by atomic mass is 35.5. The maximum Gasteiger partial charge on any atom is 0.290 e. The number of amides is 1. The van der Waals surface area contributed by atoms with E-state index in [0.717, 1.165) is 4.88 Å². The number of carbonyl (C=O) groups is 2. The number of ketones is 1. The second-order valence-electron chi connectivity index (χ2n) is 7.54. The van der Waals surface area contributed by atoms with E-state index >= 15 is 0 Å². The van der Waals surface area contributed by atoms with Crippen molar-refractivity contribution >= 4 is 45.6 Å². The van der Waals surface area contributed by atoms with Crippen molar-refractivity contribution in [2.75, 3.05) is 7.11 Å². The van der Waals surface area contributed by atoms with Crippen molar-refractivity contribution in [2.24, 2.45) is 0 Å². The summed E-state index contributed by atoms with van der Waals surface area (Å²) in [7, 11) is 1.52. The van der Waals surface area contributed by atoms with E-state index in [1.807, 2.05) is 17.5 Å². The van der Waals surface area contributed by atoms with Gasteiger partial charge in [-0.25, -0.2) is 0 Å². The number of aliphatic hydroxyl groups excluding tert-OH is 1. The maximum atomic E-state index is 13.6. The van der Waals surface area contributed by atoms with Gasteiger partial charge in [0.05, 0.1) is 25.3 Å². The summed E-state index contributed by atoms with van der Waals surface area (Å²) in [6.45, 7) is 0.232. The van der Waals surface area contributed by atoms with Crippen LogP contribution in [0.4, 0.5) is 0 Å². The van der Waals surface area contributed by atoms with Gasteiger partial charge in [-0.05, 0) is 41.8 Å². The molecule has 2 aromatic heterocycles. The van der Waals surface area contributed by atoms with Crippen LogP contribution in [0.1, 0.15) is 27.0 Å². The molecule has 1 aliphatic rings. The van der Waals surface area contributed by atoms with E-state index in [1.165, 1.54) is 23.3 Å². The largest absolute Gasteiger partial charge is 0.503 e. The first-order valence-corrected chi connectivity index (χ1v) is 11.4. The number of carbonyl (C=O) groups excluding carboxylic acids is 2. The van der Waals surface area contributed by atoms with Gasteiger partial charge in [0.2, 0.25) is 5.78 Å². The molecule has 1 aliphatic heterocycles. The van der Waals surface area contributed by atoms with Crippen LogP contribution in [-0.2, 0) is 11.3 Å². The zero-order chi connectivity index (χ0) is 23.1. The van der Waals surface area contributed by atoms with Gasteiger partial charge in [-0.1, -0.05) is 35.9 Å². The van der Waals surface area contributed by atoms with E-state index < -0.39 is 23.5 Å². The van der Waals surface area contributed by atoms with Crippen LogP contribution >= 0.6 is 22.9 Å². The Labute approximate surface area is 198 Å². The molecule has 6 nitrogen and oxygen atoms in total. The van der Waals surface area contributed by atoms with Gasteiger partial charge < -0.3 is 19.2 Å². The number of halogens is 1. The fourth-order valence-electron chi connectivity index (χ4n) is 4.09. The molecule has 0 radical (unpaired) electrons. The Morgan fingerprint density at radius 1 is 1.18 bits per heavy atom. The van der Waals surface area contributed by atoms with Crippen LogP contribution in [0.5, 0.6) is 5.75 Å². The van der Waals surface area contributed by atoms with Gasteiger partial charge in [-0.3, -0.25) is 9.59 Å². The molecule has 0 saturated heterocycles. The molecule has 1 N–H and O–H groups in total. The third-order valence-electron chi connectivity index (χ3n) is 5.59. The molecule has 1 unspecified atom stereocenters. The minimum Gasteiger partial charge on any atom is -0.503 e. The summed E-state index contributed by atoms with van der Waals surface area (Å²) in [4.78, 5) is 29.2. The number of fused-ring (bicyclic) bond motifs is 1. The fourth-order valence-corrected chi connectivity index (χ4v) is 4.98. The van der Waals surface area contributed by atoms with E-state index in [1.54, 1.807) is 48.5 Å². The number of methoxy groups -OCH3 is 1. The Kier molecular flexibility index (Phi) is 5.44. The number of Topliss-reactive ketones (excluding diaryl/α,β-unsaturated/α-hetero) is 1. The number of para-hydroxylation sites is 1. The molecule has 0 saturated carbocycles. The molecule has 33 heavy (non-hydrogen) atoms. The summed E-state index contributed by atoms with van der Waals surface area (Å²) < 4.78 is 11.3. The number of aliphatic hydroxyl groups is 1. The van der Waals surface area contributed by atoms with E-state index in [-0.39, 0.29) is 17.9 Å². The van der Waals surface area contributed by atoms with Crippen molar-refractivity contribution in [3.05, 3.63) is 98.6 Å². The van der Waals surface area contributed by atoms with Gasteiger partial charge in [-0.15, -0.1) is 11.3 Å². The third kappa shape index (κ3) is 3.69. The fraction of sp³-hybridized carbons (Fsp3) is 0.120. The molecule has 0 bridgehead atoms. The van der Waals surface area contributed by atoms with Gasteiger partial charge in [-0.2, -0.15) is 0 Å². The van der Waals surface area contributed by atoms with Gasteiger partial charge in [0.1, 0.15) is 11.3 Å². The number of benzene rings is 2. The second kappa shape index (κ2) is 8.42. The van der Waals surface area contributed by atoms with Crippen LogP contribution in [0.15, 0.2) is 81.8 Å². The molecule has 166 valence electrons. The van der Waals surface area contributed by atoms with Crippen molar-refractivity contribution in [2.45, 2.75) is 12.6 Å². The summed E-state index contributed by atoms with van der Waals surface area (Å²) >= 11 is 7.55. The van der Waals surface area contributed by atoms with Crippen molar-refractivity contribution in [1.82, 2.24) is 4.90 Å². The summed E-state index contributed by atoms with van der Waals surface area (Å²) in [5, 5.41) is 13.9. The van der Waals surface area contributed by atoms with Crippen LogP contribution in [0.3, 0.4) is 0 Å². The van der Waals surface area contributed by atoms with Crippen molar-refractivity contribution in [1.29, 1.82) is 0 Å². The van der Waals surface area contributed by atoms with Gasteiger partial charge >= 0.3 is 0 Å². The van der Waals surface area contributed by atoms with E-state index in [9.17, 15) is 14.7 Å². The molecule has 5 rings (SSSR count). The number of hydrogen-bond acceptors (Lipinski definition) is 6. The predicted octanol–water partition coefficient (Wildman–Crippen LogP) is 5.93. The Bertz CT molecular complexity index is 1410. The Morgan fingerprint density at radius 2 is 2.00 bits per heavy atom. The quantitative estimate of drug-likeness (QED) is 0.346. The number of thiophene rings is 1. The lowest BCUT2D eigenvalue weighted by atomic mass is 9.94. The minimum atomic E-state index is -0.847. The van der Waals surface area contributed by atoms with Crippen LogP contribution in [0.2, 0.25) is 5.02 Å². The lowest BCUT2D eigenvalue weighted by Crippen LogP contribution is -2.30. The first-order valence-electron chi connectivity index (χ1n) is 10.1. The van der Waals surface area contributed by atoms with E-state index in [0.29, 0.717) is 27.3 Å². The van der Waals surface area contributed by atoms with Crippen molar-refractivity contribution in [3.8, 4) is 5.75 Å². The monoisotopic (exact) mass is 479 g/mol. The lowest BCUT2D eigenvalue weighted by molar-refractivity contribution is -0.130. The average Bonchev–Trinajstić information content (AvgIpc) is 3.54. The zero-order valence-corrected chi connectivity index (χ0v) is 19.0. The summed E-state index contributed by atoms with van der Waals surface area (Å²) in [6.07, 6.45) is 0. The molecule has 0 fully saturated rings. The lowest BCUT2D eigenvalue weighted by Gasteiger charge is -2.27.